The molecule has 1 aliphatic heterocycles. The highest BCUT2D eigenvalue weighted by atomic mass is 32.3. The lowest BCUT2D eigenvalue weighted by atomic mass is 9.79. The molecule has 0 aromatic heterocycles. The van der Waals surface area contributed by atoms with E-state index in [1.165, 1.54) is 12.1 Å². The Kier molecular flexibility index (Phi) is 5.17. The molecule has 1 fully saturated rings. The molecule has 0 unspecified atom stereocenters. The Labute approximate surface area is 122 Å². The van der Waals surface area contributed by atoms with E-state index in [0.29, 0.717) is 12.1 Å². The van der Waals surface area contributed by atoms with Crippen LogP contribution in [0.15, 0.2) is 18.2 Å². The lowest BCUT2D eigenvalue weighted by Gasteiger charge is -2.27. The van der Waals surface area contributed by atoms with Gasteiger partial charge in [0.2, 0.25) is 0 Å². The van der Waals surface area contributed by atoms with Crippen molar-refractivity contribution in [3.8, 4) is 5.75 Å². The van der Waals surface area contributed by atoms with Gasteiger partial charge in [0, 0.05) is 32.7 Å². The average Bonchev–Trinajstić information content (AvgIpc) is 2.37. The first-order chi connectivity index (χ1) is 9.83. The SMILES string of the molecule is O=S(=O)(F)Oc1cc(CN2CCNCC2)cc(B(O)O)c1. The van der Waals surface area contributed by atoms with Crippen LogP contribution in [-0.2, 0) is 17.0 Å². The fourth-order valence-corrected chi connectivity index (χ4v) is 2.54. The van der Waals surface area contributed by atoms with Crippen LogP contribution in [0.5, 0.6) is 5.75 Å². The third kappa shape index (κ3) is 5.25. The zero-order chi connectivity index (χ0) is 15.5. The van der Waals surface area contributed by atoms with E-state index < -0.39 is 17.6 Å². The Hall–Kier alpha value is -1.20. The van der Waals surface area contributed by atoms with Gasteiger partial charge < -0.3 is 19.5 Å². The summed E-state index contributed by atoms with van der Waals surface area (Å²) in [6.07, 6.45) is 0. The molecule has 7 nitrogen and oxygen atoms in total. The van der Waals surface area contributed by atoms with Gasteiger partial charge in [-0.15, -0.1) is 0 Å². The number of halogens is 1. The van der Waals surface area contributed by atoms with Gasteiger partial charge in [-0.2, -0.15) is 8.42 Å². The maximum Gasteiger partial charge on any atom is 0.488 e. The highest BCUT2D eigenvalue weighted by molar-refractivity contribution is 7.81. The maximum atomic E-state index is 12.6. The van der Waals surface area contributed by atoms with Crippen LogP contribution in [0.2, 0.25) is 0 Å². The second-order valence-electron chi connectivity index (χ2n) is 4.79. The molecule has 1 saturated heterocycles. The zero-order valence-electron chi connectivity index (χ0n) is 11.2. The Morgan fingerprint density at radius 2 is 1.95 bits per heavy atom. The van der Waals surface area contributed by atoms with Crippen LogP contribution >= 0.6 is 0 Å². The minimum atomic E-state index is -5.16. The number of hydrogen-bond donors (Lipinski definition) is 3. The van der Waals surface area contributed by atoms with Crippen LogP contribution < -0.4 is 15.0 Å². The predicted octanol–water partition coefficient (Wildman–Crippen LogP) is -1.64. The van der Waals surface area contributed by atoms with Gasteiger partial charge in [0.15, 0.2) is 0 Å². The van der Waals surface area contributed by atoms with E-state index in [1.807, 2.05) is 0 Å². The lowest BCUT2D eigenvalue weighted by Crippen LogP contribution is -2.43. The van der Waals surface area contributed by atoms with Gasteiger partial charge in [0.05, 0.1) is 0 Å². The Morgan fingerprint density at radius 3 is 2.52 bits per heavy atom. The molecular formula is C11H16BFN2O5S. The smallest absolute Gasteiger partial charge is 0.423 e. The van der Waals surface area contributed by atoms with E-state index in [4.69, 9.17) is 0 Å². The quantitative estimate of drug-likeness (QED) is 0.443. The fraction of sp³-hybridized carbons (Fsp3) is 0.455. The molecular weight excluding hydrogens is 302 g/mol. The molecule has 1 aromatic carbocycles. The summed E-state index contributed by atoms with van der Waals surface area (Å²) in [5.41, 5.74) is 0.655. The minimum Gasteiger partial charge on any atom is -0.423 e. The summed E-state index contributed by atoms with van der Waals surface area (Å²) >= 11 is 0. The summed E-state index contributed by atoms with van der Waals surface area (Å²) in [5.74, 6) is -0.284. The molecule has 0 radical (unpaired) electrons. The highest BCUT2D eigenvalue weighted by Crippen LogP contribution is 2.17. The molecule has 3 N–H and O–H groups in total. The van der Waals surface area contributed by atoms with Crippen molar-refractivity contribution in [3.63, 3.8) is 0 Å². The van der Waals surface area contributed by atoms with E-state index in [-0.39, 0.29) is 11.2 Å². The predicted molar refractivity (Wildman–Crippen MR) is 75.1 cm³/mol. The second-order valence-corrected chi connectivity index (χ2v) is 5.74. The standard InChI is InChI=1S/C11H16BFN2O5S/c13-21(18,19)20-11-6-9(5-10(7-11)12(16)17)8-15-3-1-14-2-4-15/h5-7,14,16-17H,1-4,8H2. The van der Waals surface area contributed by atoms with E-state index >= 15 is 0 Å². The van der Waals surface area contributed by atoms with Crippen LogP contribution in [0.1, 0.15) is 5.56 Å². The van der Waals surface area contributed by atoms with Crippen molar-refractivity contribution >= 4 is 23.1 Å². The van der Waals surface area contributed by atoms with Gasteiger partial charge in [-0.3, -0.25) is 4.90 Å². The van der Waals surface area contributed by atoms with Crippen LogP contribution in [0.4, 0.5) is 3.89 Å². The molecule has 0 spiro atoms. The van der Waals surface area contributed by atoms with Crippen molar-refractivity contribution in [3.05, 3.63) is 23.8 Å². The molecule has 2 rings (SSSR count). The number of nitrogens with zero attached hydrogens (tertiary/aromatic N) is 1. The Bertz CT molecular complexity index is 592. The van der Waals surface area contributed by atoms with Gasteiger partial charge in [-0.25, -0.2) is 0 Å². The van der Waals surface area contributed by atoms with Gasteiger partial charge in [-0.1, -0.05) is 9.95 Å². The van der Waals surface area contributed by atoms with Crippen molar-refractivity contribution in [1.29, 1.82) is 0 Å². The van der Waals surface area contributed by atoms with Gasteiger partial charge in [0.25, 0.3) is 0 Å². The summed E-state index contributed by atoms with van der Waals surface area (Å²) in [6.45, 7) is 3.77. The number of benzene rings is 1. The van der Waals surface area contributed by atoms with E-state index in [1.54, 1.807) is 0 Å². The molecule has 0 amide bonds. The molecule has 21 heavy (non-hydrogen) atoms. The maximum absolute atomic E-state index is 12.6. The summed E-state index contributed by atoms with van der Waals surface area (Å²) in [4.78, 5) is 2.10. The van der Waals surface area contributed by atoms with Crippen molar-refractivity contribution < 1.29 is 26.5 Å². The molecule has 1 aliphatic rings. The van der Waals surface area contributed by atoms with E-state index in [0.717, 1.165) is 32.2 Å². The molecule has 1 heterocycles. The van der Waals surface area contributed by atoms with E-state index in [9.17, 15) is 22.4 Å². The van der Waals surface area contributed by atoms with Crippen LogP contribution in [0.25, 0.3) is 0 Å². The lowest BCUT2D eigenvalue weighted by molar-refractivity contribution is 0.233. The molecule has 116 valence electrons. The molecule has 0 bridgehead atoms. The fourth-order valence-electron chi connectivity index (χ4n) is 2.22. The zero-order valence-corrected chi connectivity index (χ0v) is 12.0. The minimum absolute atomic E-state index is 0.0429. The van der Waals surface area contributed by atoms with Crippen LogP contribution in [0.3, 0.4) is 0 Å². The van der Waals surface area contributed by atoms with Gasteiger partial charge in [0.1, 0.15) is 5.75 Å². The first-order valence-corrected chi connectivity index (χ1v) is 7.71. The molecule has 10 heteroatoms. The normalized spacial score (nSPS) is 16.7. The number of hydrogen-bond acceptors (Lipinski definition) is 7. The topological polar surface area (TPSA) is 99.1 Å². The third-order valence-electron chi connectivity index (χ3n) is 3.10. The molecule has 0 saturated carbocycles. The van der Waals surface area contributed by atoms with Crippen molar-refractivity contribution in [2.75, 3.05) is 26.2 Å². The number of rotatable bonds is 5. The van der Waals surface area contributed by atoms with Crippen LogP contribution in [0, 0.1) is 0 Å². The number of nitrogens with one attached hydrogen (secondary N) is 1. The largest absolute Gasteiger partial charge is 0.488 e. The molecule has 0 atom stereocenters. The first kappa shape index (κ1) is 16.2. The molecule has 1 aromatic rings. The summed E-state index contributed by atoms with van der Waals surface area (Å²) in [5, 5.41) is 21.6. The first-order valence-electron chi connectivity index (χ1n) is 6.40. The molecule has 0 aliphatic carbocycles. The Morgan fingerprint density at radius 1 is 1.29 bits per heavy atom. The van der Waals surface area contributed by atoms with Gasteiger partial charge >= 0.3 is 17.6 Å². The summed E-state index contributed by atoms with van der Waals surface area (Å²) in [7, 11) is -6.95. The Balaban J connectivity index is 2.22. The van der Waals surface area contributed by atoms with Crippen molar-refractivity contribution in [1.82, 2.24) is 10.2 Å². The summed E-state index contributed by atoms with van der Waals surface area (Å²) < 4.78 is 37.9. The number of piperazine rings is 1. The van der Waals surface area contributed by atoms with Crippen molar-refractivity contribution in [2.45, 2.75) is 6.54 Å². The van der Waals surface area contributed by atoms with Gasteiger partial charge in [-0.05, 0) is 23.2 Å². The average molecular weight is 318 g/mol. The second kappa shape index (κ2) is 6.71. The highest BCUT2D eigenvalue weighted by Gasteiger charge is 2.18. The summed E-state index contributed by atoms with van der Waals surface area (Å²) in [6, 6.07) is 3.96. The third-order valence-corrected chi connectivity index (χ3v) is 3.49. The van der Waals surface area contributed by atoms with Crippen molar-refractivity contribution in [2.24, 2.45) is 0 Å². The monoisotopic (exact) mass is 318 g/mol. The van der Waals surface area contributed by atoms with Crippen LogP contribution in [-0.4, -0.2) is 56.7 Å². The van der Waals surface area contributed by atoms with E-state index in [2.05, 4.69) is 14.4 Å².